The Kier molecular flexibility index (Phi) is 5.26. The lowest BCUT2D eigenvalue weighted by molar-refractivity contribution is 0.0660. The number of aromatic carboxylic acids is 1. The van der Waals surface area contributed by atoms with Crippen LogP contribution in [0.5, 0.6) is 5.75 Å². The minimum atomic E-state index is -1.15. The number of rotatable bonds is 7. The Morgan fingerprint density at radius 1 is 1.39 bits per heavy atom. The first-order chi connectivity index (χ1) is 11.0. The molecule has 1 aromatic heterocycles. The Morgan fingerprint density at radius 2 is 2.17 bits per heavy atom. The third kappa shape index (κ3) is 4.27. The van der Waals surface area contributed by atoms with Crippen molar-refractivity contribution < 1.29 is 19.1 Å². The highest BCUT2D eigenvalue weighted by Gasteiger charge is 2.17. The van der Waals surface area contributed by atoms with Gasteiger partial charge in [-0.15, -0.1) is 0 Å². The van der Waals surface area contributed by atoms with E-state index in [4.69, 9.17) is 14.3 Å². The van der Waals surface area contributed by atoms with Gasteiger partial charge >= 0.3 is 5.97 Å². The SMILES string of the molecule is CN(C)c1cccc(OCCC(C#N)c2ccc(C(=O)O)o2)c1. The second kappa shape index (κ2) is 7.36. The van der Waals surface area contributed by atoms with Crippen molar-refractivity contribution >= 4 is 11.7 Å². The van der Waals surface area contributed by atoms with Crippen LogP contribution < -0.4 is 9.64 Å². The van der Waals surface area contributed by atoms with Crippen LogP contribution in [0, 0.1) is 11.3 Å². The number of carboxylic acids is 1. The number of hydrogen-bond acceptors (Lipinski definition) is 5. The monoisotopic (exact) mass is 314 g/mol. The molecule has 23 heavy (non-hydrogen) atoms. The van der Waals surface area contributed by atoms with Gasteiger partial charge in [-0.1, -0.05) is 6.07 Å². The van der Waals surface area contributed by atoms with Crippen molar-refractivity contribution in [2.45, 2.75) is 12.3 Å². The van der Waals surface area contributed by atoms with E-state index >= 15 is 0 Å². The number of nitrogens with zero attached hydrogens (tertiary/aromatic N) is 2. The van der Waals surface area contributed by atoms with Crippen LogP contribution in [-0.2, 0) is 0 Å². The number of hydrogen-bond donors (Lipinski definition) is 1. The third-order valence-electron chi connectivity index (χ3n) is 3.35. The second-order valence-electron chi connectivity index (χ2n) is 5.22. The second-order valence-corrected chi connectivity index (χ2v) is 5.22. The molecular formula is C17H18N2O4. The topological polar surface area (TPSA) is 86.7 Å². The number of furan rings is 1. The summed E-state index contributed by atoms with van der Waals surface area (Å²) in [5.74, 6) is -0.793. The number of anilines is 1. The van der Waals surface area contributed by atoms with Crippen molar-refractivity contribution in [2.75, 3.05) is 25.6 Å². The van der Waals surface area contributed by atoms with Crippen LogP contribution in [0.1, 0.15) is 28.7 Å². The van der Waals surface area contributed by atoms with Gasteiger partial charge < -0.3 is 19.2 Å². The molecule has 0 saturated heterocycles. The summed E-state index contributed by atoms with van der Waals surface area (Å²) in [6.07, 6.45) is 0.412. The number of carbonyl (C=O) groups is 1. The van der Waals surface area contributed by atoms with Crippen molar-refractivity contribution in [3.05, 3.63) is 47.9 Å². The number of nitriles is 1. The molecular weight excluding hydrogens is 296 g/mol. The average Bonchev–Trinajstić information content (AvgIpc) is 3.02. The molecule has 0 fully saturated rings. The Morgan fingerprint density at radius 3 is 2.78 bits per heavy atom. The summed E-state index contributed by atoms with van der Waals surface area (Å²) in [7, 11) is 3.89. The highest BCUT2D eigenvalue weighted by atomic mass is 16.5. The van der Waals surface area contributed by atoms with Crippen LogP contribution >= 0.6 is 0 Å². The van der Waals surface area contributed by atoms with Gasteiger partial charge in [0.1, 0.15) is 17.4 Å². The molecule has 0 aliphatic heterocycles. The molecule has 6 heteroatoms. The molecule has 1 aromatic carbocycles. The maximum atomic E-state index is 10.8. The van der Waals surface area contributed by atoms with E-state index in [1.807, 2.05) is 43.3 Å². The summed E-state index contributed by atoms with van der Waals surface area (Å²) < 4.78 is 10.8. The molecule has 0 radical (unpaired) electrons. The Balaban J connectivity index is 1.94. The third-order valence-corrected chi connectivity index (χ3v) is 3.35. The van der Waals surface area contributed by atoms with Gasteiger partial charge in [-0.3, -0.25) is 0 Å². The standard InChI is InChI=1S/C17H18N2O4/c1-19(2)13-4-3-5-14(10-13)22-9-8-12(11-18)15-6-7-16(23-15)17(20)21/h3-7,10,12H,8-9H2,1-2H3,(H,20,21). The zero-order chi connectivity index (χ0) is 16.8. The van der Waals surface area contributed by atoms with Gasteiger partial charge in [0.15, 0.2) is 0 Å². The van der Waals surface area contributed by atoms with Crippen LogP contribution in [0.2, 0.25) is 0 Å². The maximum Gasteiger partial charge on any atom is 0.371 e. The lowest BCUT2D eigenvalue weighted by Crippen LogP contribution is -2.09. The van der Waals surface area contributed by atoms with Gasteiger partial charge in [-0.2, -0.15) is 5.26 Å². The fourth-order valence-electron chi connectivity index (χ4n) is 2.07. The molecule has 0 saturated carbocycles. The lowest BCUT2D eigenvalue weighted by atomic mass is 10.1. The van der Waals surface area contributed by atoms with Gasteiger partial charge in [0.05, 0.1) is 12.7 Å². The van der Waals surface area contributed by atoms with Gasteiger partial charge in [0.2, 0.25) is 5.76 Å². The number of carboxylic acid groups (broad SMARTS) is 1. The summed E-state index contributed by atoms with van der Waals surface area (Å²) in [6.45, 7) is 0.332. The van der Waals surface area contributed by atoms with E-state index in [1.54, 1.807) is 0 Å². The normalized spacial score (nSPS) is 11.5. The van der Waals surface area contributed by atoms with E-state index in [-0.39, 0.29) is 5.76 Å². The molecule has 2 aromatic rings. The molecule has 2 rings (SSSR count). The van der Waals surface area contributed by atoms with Crippen molar-refractivity contribution in [2.24, 2.45) is 0 Å². The van der Waals surface area contributed by atoms with E-state index in [9.17, 15) is 10.1 Å². The number of benzene rings is 1. The van der Waals surface area contributed by atoms with Crippen molar-refractivity contribution in [3.63, 3.8) is 0 Å². The summed E-state index contributed by atoms with van der Waals surface area (Å²) in [4.78, 5) is 12.8. The van der Waals surface area contributed by atoms with Gasteiger partial charge in [-0.05, 0) is 24.3 Å². The quantitative estimate of drug-likeness (QED) is 0.845. The van der Waals surface area contributed by atoms with E-state index in [1.165, 1.54) is 12.1 Å². The predicted octanol–water partition coefficient (Wildman–Crippen LogP) is 3.12. The molecule has 0 aliphatic rings. The first kappa shape index (κ1) is 16.4. The molecule has 0 amide bonds. The van der Waals surface area contributed by atoms with Crippen LogP contribution in [0.25, 0.3) is 0 Å². The highest BCUT2D eigenvalue weighted by Crippen LogP contribution is 2.23. The Labute approximate surface area is 134 Å². The van der Waals surface area contributed by atoms with E-state index in [2.05, 4.69) is 6.07 Å². The van der Waals surface area contributed by atoms with Gasteiger partial charge in [-0.25, -0.2) is 4.79 Å². The summed E-state index contributed by atoms with van der Waals surface area (Å²) in [5, 5.41) is 18.1. The first-order valence-electron chi connectivity index (χ1n) is 7.14. The van der Waals surface area contributed by atoms with Crippen molar-refractivity contribution in [1.29, 1.82) is 5.26 Å². The molecule has 0 spiro atoms. The smallest absolute Gasteiger partial charge is 0.371 e. The van der Waals surface area contributed by atoms with E-state index < -0.39 is 11.9 Å². The minimum Gasteiger partial charge on any atom is -0.493 e. The Bertz CT molecular complexity index is 715. The summed E-state index contributed by atoms with van der Waals surface area (Å²) >= 11 is 0. The number of ether oxygens (including phenoxy) is 1. The first-order valence-corrected chi connectivity index (χ1v) is 7.14. The van der Waals surface area contributed by atoms with E-state index in [0.717, 1.165) is 11.4 Å². The highest BCUT2D eigenvalue weighted by molar-refractivity contribution is 5.84. The zero-order valence-corrected chi connectivity index (χ0v) is 13.0. The molecule has 1 N–H and O–H groups in total. The Hall–Kier alpha value is -2.94. The minimum absolute atomic E-state index is 0.167. The molecule has 1 unspecified atom stereocenters. The van der Waals surface area contributed by atoms with Crippen molar-refractivity contribution in [3.8, 4) is 11.8 Å². The zero-order valence-electron chi connectivity index (χ0n) is 13.0. The largest absolute Gasteiger partial charge is 0.493 e. The molecule has 120 valence electrons. The molecule has 6 nitrogen and oxygen atoms in total. The fourth-order valence-corrected chi connectivity index (χ4v) is 2.07. The summed E-state index contributed by atoms with van der Waals surface area (Å²) in [6, 6.07) is 12.6. The van der Waals surface area contributed by atoms with Crippen LogP contribution in [-0.4, -0.2) is 31.8 Å². The van der Waals surface area contributed by atoms with E-state index in [0.29, 0.717) is 18.8 Å². The van der Waals surface area contributed by atoms with Crippen LogP contribution in [0.3, 0.4) is 0 Å². The van der Waals surface area contributed by atoms with Gasteiger partial charge in [0.25, 0.3) is 0 Å². The lowest BCUT2D eigenvalue weighted by Gasteiger charge is -2.14. The maximum absolute atomic E-state index is 10.8. The van der Waals surface area contributed by atoms with Crippen LogP contribution in [0.4, 0.5) is 5.69 Å². The molecule has 1 atom stereocenters. The average molecular weight is 314 g/mol. The summed E-state index contributed by atoms with van der Waals surface area (Å²) in [5.41, 5.74) is 1.02. The molecule has 1 heterocycles. The van der Waals surface area contributed by atoms with Crippen molar-refractivity contribution in [1.82, 2.24) is 0 Å². The molecule has 0 bridgehead atoms. The predicted molar refractivity (Wildman–Crippen MR) is 84.9 cm³/mol. The van der Waals surface area contributed by atoms with Crippen LogP contribution in [0.15, 0.2) is 40.8 Å². The molecule has 0 aliphatic carbocycles. The van der Waals surface area contributed by atoms with Gasteiger partial charge in [0, 0.05) is 32.3 Å². The fraction of sp³-hybridized carbons (Fsp3) is 0.294.